The monoisotopic (exact) mass is 438 g/mol. The molecule has 9 heteroatoms. The molecule has 4 rings (SSSR count). The fraction of sp³-hybridized carbons (Fsp3) is 0.0952. The van der Waals surface area contributed by atoms with E-state index in [9.17, 15) is 4.79 Å². The van der Waals surface area contributed by atoms with Gasteiger partial charge in [0.05, 0.1) is 19.1 Å². The summed E-state index contributed by atoms with van der Waals surface area (Å²) < 4.78 is 1.62. The Morgan fingerprint density at radius 3 is 2.73 bits per heavy atom. The zero-order valence-electron chi connectivity index (χ0n) is 15.9. The fourth-order valence-electron chi connectivity index (χ4n) is 2.91. The van der Waals surface area contributed by atoms with Crippen molar-refractivity contribution in [3.8, 4) is 0 Å². The number of carbonyl (C=O) groups is 1. The third-order valence-corrected chi connectivity index (χ3v) is 4.76. The highest BCUT2D eigenvalue weighted by atomic mass is 35.5. The van der Waals surface area contributed by atoms with Gasteiger partial charge in [-0.2, -0.15) is 15.1 Å². The van der Waals surface area contributed by atoms with Gasteiger partial charge in [0.2, 0.25) is 5.28 Å². The molecule has 0 spiro atoms. The molecule has 0 atom stereocenters. The standard InChI is InChI=1S/C21H16Cl2N6O/c1-13-3-2-4-14(9-13)10-25-28-19-18-20(27-21(23)26-19)29(12-24-18)11-17(30)15-5-7-16(22)8-6-15/h2-10,12H,11H2,1H3,(H,26,27,28)/b25-10+. The van der Waals surface area contributed by atoms with Crippen LogP contribution in [0, 0.1) is 6.92 Å². The normalized spacial score (nSPS) is 11.3. The number of anilines is 1. The van der Waals surface area contributed by atoms with Crippen molar-refractivity contribution in [3.63, 3.8) is 0 Å². The molecule has 0 unspecified atom stereocenters. The second kappa shape index (κ2) is 8.61. The lowest BCUT2D eigenvalue weighted by Crippen LogP contribution is -2.10. The van der Waals surface area contributed by atoms with E-state index in [4.69, 9.17) is 23.2 Å². The highest BCUT2D eigenvalue weighted by Crippen LogP contribution is 2.21. The van der Waals surface area contributed by atoms with E-state index in [2.05, 4.69) is 25.5 Å². The van der Waals surface area contributed by atoms with Crippen molar-refractivity contribution in [2.24, 2.45) is 5.10 Å². The van der Waals surface area contributed by atoms with Crippen LogP contribution in [0.2, 0.25) is 10.3 Å². The predicted molar refractivity (Wildman–Crippen MR) is 119 cm³/mol. The molecule has 0 radical (unpaired) electrons. The number of aryl methyl sites for hydroxylation is 1. The van der Waals surface area contributed by atoms with Crippen LogP contribution in [0.1, 0.15) is 21.5 Å². The first-order valence-corrected chi connectivity index (χ1v) is 9.78. The molecule has 150 valence electrons. The number of ketones is 1. The predicted octanol–water partition coefficient (Wildman–Crippen LogP) is 4.77. The minimum absolute atomic E-state index is 0.0245. The van der Waals surface area contributed by atoms with E-state index < -0.39 is 0 Å². The van der Waals surface area contributed by atoms with Gasteiger partial charge in [0.15, 0.2) is 22.8 Å². The number of rotatable bonds is 6. The van der Waals surface area contributed by atoms with Crippen LogP contribution in [0.5, 0.6) is 0 Å². The first-order chi connectivity index (χ1) is 14.5. The van der Waals surface area contributed by atoms with Gasteiger partial charge < -0.3 is 4.57 Å². The molecule has 2 aromatic carbocycles. The lowest BCUT2D eigenvalue weighted by Gasteiger charge is -2.05. The quantitative estimate of drug-likeness (QED) is 0.203. The number of benzene rings is 2. The molecule has 1 N–H and O–H groups in total. The molecular weight excluding hydrogens is 423 g/mol. The Labute approximate surface area is 182 Å². The topological polar surface area (TPSA) is 85.1 Å². The number of nitrogens with one attached hydrogen (secondary N) is 1. The number of imidazole rings is 1. The zero-order valence-corrected chi connectivity index (χ0v) is 17.4. The number of Topliss-reactive ketones (excluding diaryl/α,β-unsaturated/α-hetero) is 1. The maximum atomic E-state index is 12.6. The Balaban J connectivity index is 1.58. The number of fused-ring (bicyclic) bond motifs is 1. The molecular formula is C21H16Cl2N6O. The highest BCUT2D eigenvalue weighted by Gasteiger charge is 2.15. The van der Waals surface area contributed by atoms with Crippen LogP contribution in [0.4, 0.5) is 5.82 Å². The van der Waals surface area contributed by atoms with E-state index in [1.165, 1.54) is 6.33 Å². The second-order valence-electron chi connectivity index (χ2n) is 6.60. The summed E-state index contributed by atoms with van der Waals surface area (Å²) in [6.07, 6.45) is 3.20. The van der Waals surface area contributed by atoms with Crippen LogP contribution in [0.15, 0.2) is 60.0 Å². The summed E-state index contributed by atoms with van der Waals surface area (Å²) in [5, 5.41) is 4.81. The second-order valence-corrected chi connectivity index (χ2v) is 7.37. The van der Waals surface area contributed by atoms with Gasteiger partial charge in [-0.3, -0.25) is 10.2 Å². The third-order valence-electron chi connectivity index (χ3n) is 4.34. The summed E-state index contributed by atoms with van der Waals surface area (Å²) in [7, 11) is 0. The van der Waals surface area contributed by atoms with Gasteiger partial charge in [0.25, 0.3) is 0 Å². The Hall–Kier alpha value is -3.29. The average molecular weight is 439 g/mol. The van der Waals surface area contributed by atoms with Crippen molar-refractivity contribution in [2.45, 2.75) is 13.5 Å². The molecule has 0 bridgehead atoms. The number of halogens is 2. The minimum Gasteiger partial charge on any atom is -0.307 e. The van der Waals surface area contributed by atoms with Gasteiger partial charge in [0.1, 0.15) is 0 Å². The van der Waals surface area contributed by atoms with Gasteiger partial charge in [-0.15, -0.1) is 0 Å². The van der Waals surface area contributed by atoms with Gasteiger partial charge >= 0.3 is 0 Å². The van der Waals surface area contributed by atoms with E-state index in [0.717, 1.165) is 11.1 Å². The zero-order chi connectivity index (χ0) is 21.1. The van der Waals surface area contributed by atoms with Crippen LogP contribution >= 0.6 is 23.2 Å². The molecule has 7 nitrogen and oxygen atoms in total. The van der Waals surface area contributed by atoms with E-state index >= 15 is 0 Å². The number of hydrogen-bond donors (Lipinski definition) is 1. The molecule has 0 aliphatic carbocycles. The molecule has 0 aliphatic rings. The Morgan fingerprint density at radius 1 is 1.17 bits per heavy atom. The Kier molecular flexibility index (Phi) is 5.74. The fourth-order valence-corrected chi connectivity index (χ4v) is 3.20. The van der Waals surface area contributed by atoms with Crippen LogP contribution in [0.25, 0.3) is 11.2 Å². The van der Waals surface area contributed by atoms with Gasteiger partial charge in [-0.1, -0.05) is 41.4 Å². The first kappa shape index (κ1) is 20.0. The maximum Gasteiger partial charge on any atom is 0.226 e. The number of nitrogens with zero attached hydrogens (tertiary/aromatic N) is 5. The maximum absolute atomic E-state index is 12.6. The number of aromatic nitrogens is 4. The van der Waals surface area contributed by atoms with Crippen LogP contribution in [0.3, 0.4) is 0 Å². The average Bonchev–Trinajstić information content (AvgIpc) is 3.11. The summed E-state index contributed by atoms with van der Waals surface area (Å²) in [6.45, 7) is 2.06. The lowest BCUT2D eigenvalue weighted by atomic mass is 10.1. The molecule has 0 aliphatic heterocycles. The first-order valence-electron chi connectivity index (χ1n) is 9.02. The van der Waals surface area contributed by atoms with E-state index in [1.807, 2.05) is 31.2 Å². The molecule has 0 saturated carbocycles. The Bertz CT molecular complexity index is 1250. The Morgan fingerprint density at radius 2 is 1.97 bits per heavy atom. The smallest absolute Gasteiger partial charge is 0.226 e. The van der Waals surface area contributed by atoms with E-state index in [1.54, 1.807) is 35.0 Å². The molecule has 0 amide bonds. The summed E-state index contributed by atoms with van der Waals surface area (Å²) in [5.41, 5.74) is 6.38. The molecule has 30 heavy (non-hydrogen) atoms. The summed E-state index contributed by atoms with van der Waals surface area (Å²) in [4.78, 5) is 25.3. The summed E-state index contributed by atoms with van der Waals surface area (Å²) >= 11 is 12.0. The van der Waals surface area contributed by atoms with Crippen molar-refractivity contribution in [1.29, 1.82) is 0 Å². The minimum atomic E-state index is -0.104. The number of hydrogen-bond acceptors (Lipinski definition) is 6. The van der Waals surface area contributed by atoms with E-state index in [0.29, 0.717) is 27.6 Å². The highest BCUT2D eigenvalue weighted by molar-refractivity contribution is 6.30. The summed E-state index contributed by atoms with van der Waals surface area (Å²) in [5.74, 6) is 0.249. The number of hydrazone groups is 1. The van der Waals surface area contributed by atoms with Crippen molar-refractivity contribution in [1.82, 2.24) is 19.5 Å². The molecule has 0 saturated heterocycles. The van der Waals surface area contributed by atoms with Crippen LogP contribution in [-0.4, -0.2) is 31.5 Å². The molecule has 4 aromatic rings. The molecule has 0 fully saturated rings. The lowest BCUT2D eigenvalue weighted by molar-refractivity contribution is 0.0973. The van der Waals surface area contributed by atoms with Crippen LogP contribution < -0.4 is 5.43 Å². The van der Waals surface area contributed by atoms with Crippen molar-refractivity contribution < 1.29 is 4.79 Å². The van der Waals surface area contributed by atoms with Crippen molar-refractivity contribution in [3.05, 3.63) is 81.9 Å². The largest absolute Gasteiger partial charge is 0.307 e. The van der Waals surface area contributed by atoms with E-state index in [-0.39, 0.29) is 17.6 Å². The molecule has 2 aromatic heterocycles. The van der Waals surface area contributed by atoms with Gasteiger partial charge in [-0.25, -0.2) is 4.98 Å². The van der Waals surface area contributed by atoms with Crippen LogP contribution in [-0.2, 0) is 6.54 Å². The van der Waals surface area contributed by atoms with Gasteiger partial charge in [-0.05, 0) is 48.4 Å². The van der Waals surface area contributed by atoms with Crippen molar-refractivity contribution >= 4 is 52.2 Å². The number of carbonyl (C=O) groups excluding carboxylic acids is 1. The van der Waals surface area contributed by atoms with Gasteiger partial charge in [0, 0.05) is 10.6 Å². The summed E-state index contributed by atoms with van der Waals surface area (Å²) in [6, 6.07) is 14.6. The SMILES string of the molecule is Cc1cccc(/C=N/Nc2nc(Cl)nc3c2ncn3CC(=O)c2ccc(Cl)cc2)c1. The van der Waals surface area contributed by atoms with Crippen molar-refractivity contribution in [2.75, 3.05) is 5.43 Å². The molecule has 2 heterocycles. The third kappa shape index (κ3) is 4.48.